The summed E-state index contributed by atoms with van der Waals surface area (Å²) in [6, 6.07) is 0. The van der Waals surface area contributed by atoms with Gasteiger partial charge in [0.1, 0.15) is 0 Å². The van der Waals surface area contributed by atoms with E-state index in [4.69, 9.17) is 0 Å². The van der Waals surface area contributed by atoms with Crippen LogP contribution in [0.15, 0.2) is 22.0 Å². The van der Waals surface area contributed by atoms with Crippen molar-refractivity contribution in [1.82, 2.24) is 20.2 Å². The number of halogens is 1. The van der Waals surface area contributed by atoms with Crippen LogP contribution in [0.3, 0.4) is 0 Å². The van der Waals surface area contributed by atoms with E-state index in [0.717, 1.165) is 0 Å². The zero-order valence-corrected chi connectivity index (χ0v) is 7.09. The summed E-state index contributed by atoms with van der Waals surface area (Å²) < 4.78 is 0. The summed E-state index contributed by atoms with van der Waals surface area (Å²) in [4.78, 5) is 26.3. The molecule has 0 aliphatic carbocycles. The third-order valence-corrected chi connectivity index (χ3v) is 1.43. The van der Waals surface area contributed by atoms with Gasteiger partial charge in [-0.1, -0.05) is 0 Å². The Balaban J connectivity index is 0.000000845. The van der Waals surface area contributed by atoms with Gasteiger partial charge in [0.25, 0.3) is 0 Å². The van der Waals surface area contributed by atoms with E-state index in [0.29, 0.717) is 11.0 Å². The van der Waals surface area contributed by atoms with Gasteiger partial charge in [0.15, 0.2) is 0 Å². The summed E-state index contributed by atoms with van der Waals surface area (Å²) in [7, 11) is 0. The number of nitrogens with zero attached hydrogens (tertiary/aromatic N) is 2. The lowest BCUT2D eigenvalue weighted by atomic mass is 10.4. The maximum Gasteiger partial charge on any atom is 0.314 e. The summed E-state index contributed by atoms with van der Waals surface area (Å²) in [6.45, 7) is 0. The minimum Gasteiger partial charge on any atom is -0.315 e. The number of rotatable bonds is 0. The minimum atomic E-state index is -0.685. The molecule has 2 aromatic heterocycles. The van der Waals surface area contributed by atoms with Crippen LogP contribution in [-0.2, 0) is 0 Å². The summed E-state index contributed by atoms with van der Waals surface area (Å²) in [5.74, 6) is 0. The van der Waals surface area contributed by atoms with Crippen LogP contribution < -0.4 is 11.1 Å². The van der Waals surface area contributed by atoms with Crippen molar-refractivity contribution >= 4 is 23.4 Å². The van der Waals surface area contributed by atoms with Gasteiger partial charge in [-0.25, -0.2) is 0 Å². The molecule has 0 fully saturated rings. The molecular formula is C6H5ClN4O2. The lowest BCUT2D eigenvalue weighted by Gasteiger charge is -1.91. The van der Waals surface area contributed by atoms with Gasteiger partial charge in [0, 0.05) is 0 Å². The maximum absolute atomic E-state index is 10.8. The Morgan fingerprint density at radius 3 is 1.69 bits per heavy atom. The lowest BCUT2D eigenvalue weighted by molar-refractivity contribution is 1.02. The lowest BCUT2D eigenvalue weighted by Crippen LogP contribution is -2.28. The molecule has 0 radical (unpaired) electrons. The first kappa shape index (κ1) is 9.40. The standard InChI is InChI=1S/C6H4N4O2.ClH/c11-5-6(12)10-4-2-8-7-1-3(4)9-5;/h1-2H,(H,9,11)(H,10,12);1H. The van der Waals surface area contributed by atoms with Crippen molar-refractivity contribution in [2.45, 2.75) is 0 Å². The van der Waals surface area contributed by atoms with Gasteiger partial charge < -0.3 is 9.97 Å². The molecule has 2 rings (SSSR count). The van der Waals surface area contributed by atoms with Crippen molar-refractivity contribution in [3.63, 3.8) is 0 Å². The van der Waals surface area contributed by atoms with Crippen molar-refractivity contribution in [2.24, 2.45) is 0 Å². The highest BCUT2D eigenvalue weighted by Gasteiger charge is 1.97. The Morgan fingerprint density at radius 1 is 0.923 bits per heavy atom. The van der Waals surface area contributed by atoms with Crippen LogP contribution in [0, 0.1) is 0 Å². The van der Waals surface area contributed by atoms with Gasteiger partial charge in [-0.15, -0.1) is 12.4 Å². The van der Waals surface area contributed by atoms with E-state index < -0.39 is 11.1 Å². The van der Waals surface area contributed by atoms with E-state index in [-0.39, 0.29) is 12.4 Å². The quantitative estimate of drug-likeness (QED) is 0.557. The molecule has 0 unspecified atom stereocenters. The predicted octanol–water partition coefficient (Wildman–Crippen LogP) is -0.572. The second kappa shape index (κ2) is 3.36. The van der Waals surface area contributed by atoms with E-state index in [1.54, 1.807) is 0 Å². The Hall–Kier alpha value is -1.69. The molecule has 0 saturated carbocycles. The Morgan fingerprint density at radius 2 is 1.31 bits per heavy atom. The van der Waals surface area contributed by atoms with Gasteiger partial charge in [0.05, 0.1) is 23.4 Å². The second-order valence-corrected chi connectivity index (χ2v) is 2.22. The summed E-state index contributed by atoms with van der Waals surface area (Å²) in [6.07, 6.45) is 2.74. The SMILES string of the molecule is Cl.O=c1[nH]c2cnncc2[nH]c1=O. The average Bonchev–Trinajstić information content (AvgIpc) is 2.07. The summed E-state index contributed by atoms with van der Waals surface area (Å²) >= 11 is 0. The third kappa shape index (κ3) is 1.57. The molecule has 0 bridgehead atoms. The molecule has 2 N–H and O–H groups in total. The highest BCUT2D eigenvalue weighted by atomic mass is 35.5. The van der Waals surface area contributed by atoms with Gasteiger partial charge in [-0.05, 0) is 0 Å². The van der Waals surface area contributed by atoms with E-state index in [1.807, 2.05) is 0 Å². The normalized spacial score (nSPS) is 9.54. The Kier molecular flexibility index (Phi) is 2.43. The monoisotopic (exact) mass is 200 g/mol. The highest BCUT2D eigenvalue weighted by molar-refractivity contribution is 5.85. The molecule has 6 nitrogen and oxygen atoms in total. The number of fused-ring (bicyclic) bond motifs is 1. The molecule has 0 aliphatic rings. The molecule has 68 valence electrons. The third-order valence-electron chi connectivity index (χ3n) is 1.43. The molecule has 0 amide bonds. The molecule has 7 heteroatoms. The molecule has 2 heterocycles. The number of aromatic amines is 2. The molecular weight excluding hydrogens is 196 g/mol. The average molecular weight is 201 g/mol. The maximum atomic E-state index is 10.8. The Bertz CT molecular complexity index is 483. The number of nitrogens with one attached hydrogen (secondary N) is 2. The van der Waals surface area contributed by atoms with Gasteiger partial charge in [-0.3, -0.25) is 9.59 Å². The van der Waals surface area contributed by atoms with Gasteiger partial charge in [-0.2, -0.15) is 10.2 Å². The first-order valence-electron chi connectivity index (χ1n) is 3.20. The highest BCUT2D eigenvalue weighted by Crippen LogP contribution is 1.97. The van der Waals surface area contributed by atoms with Crippen molar-refractivity contribution in [2.75, 3.05) is 0 Å². The van der Waals surface area contributed by atoms with Crippen molar-refractivity contribution in [1.29, 1.82) is 0 Å². The molecule has 13 heavy (non-hydrogen) atoms. The van der Waals surface area contributed by atoms with Crippen LogP contribution in [0.4, 0.5) is 0 Å². The number of H-pyrrole nitrogens is 2. The van der Waals surface area contributed by atoms with Crippen LogP contribution in [0.2, 0.25) is 0 Å². The zero-order valence-electron chi connectivity index (χ0n) is 6.27. The summed E-state index contributed by atoms with van der Waals surface area (Å²) in [5, 5.41) is 7.08. The van der Waals surface area contributed by atoms with E-state index >= 15 is 0 Å². The number of hydrogen-bond acceptors (Lipinski definition) is 4. The Labute approximate surface area is 77.4 Å². The van der Waals surface area contributed by atoms with Gasteiger partial charge >= 0.3 is 11.1 Å². The fourth-order valence-electron chi connectivity index (χ4n) is 0.879. The molecule has 0 saturated heterocycles. The fraction of sp³-hybridized carbons (Fsp3) is 0. The molecule has 0 aliphatic heterocycles. The molecule has 0 aromatic carbocycles. The molecule has 0 spiro atoms. The predicted molar refractivity (Wildman–Crippen MR) is 48.0 cm³/mol. The topological polar surface area (TPSA) is 91.5 Å². The van der Waals surface area contributed by atoms with Crippen molar-refractivity contribution in [3.8, 4) is 0 Å². The summed E-state index contributed by atoms with van der Waals surface area (Å²) in [5.41, 5.74) is -0.435. The van der Waals surface area contributed by atoms with Crippen molar-refractivity contribution < 1.29 is 0 Å². The number of hydrogen-bond donors (Lipinski definition) is 2. The van der Waals surface area contributed by atoms with E-state index in [1.165, 1.54) is 12.4 Å². The van der Waals surface area contributed by atoms with Crippen LogP contribution in [-0.4, -0.2) is 20.2 Å². The van der Waals surface area contributed by atoms with Crippen LogP contribution in [0.1, 0.15) is 0 Å². The largest absolute Gasteiger partial charge is 0.315 e. The minimum absolute atomic E-state index is 0. The van der Waals surface area contributed by atoms with E-state index in [9.17, 15) is 9.59 Å². The second-order valence-electron chi connectivity index (χ2n) is 2.22. The first-order valence-corrected chi connectivity index (χ1v) is 3.20. The van der Waals surface area contributed by atoms with E-state index in [2.05, 4.69) is 20.2 Å². The van der Waals surface area contributed by atoms with Crippen LogP contribution in [0.5, 0.6) is 0 Å². The zero-order chi connectivity index (χ0) is 8.55. The molecule has 2 aromatic rings. The van der Waals surface area contributed by atoms with Crippen molar-refractivity contribution in [3.05, 3.63) is 33.1 Å². The first-order chi connectivity index (χ1) is 5.77. The number of aromatic nitrogens is 4. The van der Waals surface area contributed by atoms with Gasteiger partial charge in [0.2, 0.25) is 0 Å². The van der Waals surface area contributed by atoms with Crippen LogP contribution >= 0.6 is 12.4 Å². The fourth-order valence-corrected chi connectivity index (χ4v) is 0.879. The molecule has 0 atom stereocenters. The van der Waals surface area contributed by atoms with Crippen LogP contribution in [0.25, 0.3) is 11.0 Å². The smallest absolute Gasteiger partial charge is 0.314 e.